The fourth-order valence-electron chi connectivity index (χ4n) is 0.706. The van der Waals surface area contributed by atoms with Crippen LogP contribution in [0.4, 0.5) is 0 Å². The molecule has 0 fully saturated rings. The average molecular weight is 184 g/mol. The number of hydrogen-bond acceptors (Lipinski definition) is 3. The molecule has 0 heterocycles. The summed E-state index contributed by atoms with van der Waals surface area (Å²) in [7, 11) is -3.68. The quantitative estimate of drug-likeness (QED) is 0.544. The molecule has 62 valence electrons. The summed E-state index contributed by atoms with van der Waals surface area (Å²) in [5.41, 5.74) is 0. The average Bonchev–Trinajstić information content (AvgIpc) is 2.06. The Labute approximate surface area is 69.7 Å². The highest BCUT2D eigenvalue weighted by atomic mass is 32.2. The van der Waals surface area contributed by atoms with E-state index in [1.54, 1.807) is 23.0 Å². The molecule has 0 atom stereocenters. The van der Waals surface area contributed by atoms with Crippen LogP contribution in [-0.4, -0.2) is 8.42 Å². The van der Waals surface area contributed by atoms with Crippen LogP contribution in [0, 0.1) is 5.39 Å². The second-order valence-electron chi connectivity index (χ2n) is 2.01. The van der Waals surface area contributed by atoms with Crippen LogP contribution >= 0.6 is 0 Å². The van der Waals surface area contributed by atoms with Crippen molar-refractivity contribution in [2.45, 2.75) is 4.90 Å². The van der Waals surface area contributed by atoms with Crippen molar-refractivity contribution in [1.82, 2.24) is 4.83 Å². The van der Waals surface area contributed by atoms with E-state index in [0.29, 0.717) is 0 Å². The first kappa shape index (κ1) is 8.49. The van der Waals surface area contributed by atoms with Crippen LogP contribution in [0.25, 0.3) is 5.08 Å². The summed E-state index contributed by atoms with van der Waals surface area (Å²) in [4.78, 5) is 1.65. The van der Waals surface area contributed by atoms with E-state index in [4.69, 9.17) is 5.39 Å². The van der Waals surface area contributed by atoms with Crippen molar-refractivity contribution >= 4 is 10.0 Å². The van der Waals surface area contributed by atoms with Crippen LogP contribution in [0.15, 0.2) is 35.2 Å². The van der Waals surface area contributed by atoms with Gasteiger partial charge in [-0.3, -0.25) is 0 Å². The lowest BCUT2D eigenvalue weighted by molar-refractivity contribution is 0.590. The van der Waals surface area contributed by atoms with Gasteiger partial charge < -0.3 is 0 Å². The first-order valence-corrected chi connectivity index (χ1v) is 4.56. The number of rotatable bonds is 2. The van der Waals surface area contributed by atoms with Crippen molar-refractivity contribution in [2.24, 2.45) is 0 Å². The fourth-order valence-corrected chi connectivity index (χ4v) is 1.43. The van der Waals surface area contributed by atoms with Crippen LogP contribution < -0.4 is 4.83 Å². The Balaban J connectivity index is 3.09. The van der Waals surface area contributed by atoms with Crippen molar-refractivity contribution in [2.75, 3.05) is 0 Å². The van der Waals surface area contributed by atoms with Crippen LogP contribution in [0.2, 0.25) is 0 Å². The molecule has 1 aromatic carbocycles. The zero-order chi connectivity index (χ0) is 9.03. The Bertz CT molecular complexity index is 393. The summed E-state index contributed by atoms with van der Waals surface area (Å²) in [6, 6.07) is 7.63. The SMILES string of the molecule is N#[N+]NS(=O)(=O)c1ccccc1. The second kappa shape index (κ2) is 3.19. The summed E-state index contributed by atoms with van der Waals surface area (Å²) in [5, 5.41) is 10.3. The topological polar surface area (TPSA) is 74.3 Å². The van der Waals surface area contributed by atoms with Crippen molar-refractivity contribution in [1.29, 1.82) is 5.39 Å². The highest BCUT2D eigenvalue weighted by molar-refractivity contribution is 7.89. The van der Waals surface area contributed by atoms with Crippen molar-refractivity contribution < 1.29 is 8.42 Å². The molecule has 0 spiro atoms. The Hall–Kier alpha value is -1.61. The molecule has 0 amide bonds. The summed E-state index contributed by atoms with van der Waals surface area (Å²) in [5.74, 6) is 0. The van der Waals surface area contributed by atoms with Gasteiger partial charge in [0.25, 0.3) is 5.39 Å². The first-order chi connectivity index (χ1) is 5.67. The third-order valence-electron chi connectivity index (χ3n) is 1.21. The van der Waals surface area contributed by atoms with Gasteiger partial charge in [0.2, 0.25) is 0 Å². The molecular weight excluding hydrogens is 178 g/mol. The Morgan fingerprint density at radius 1 is 1.25 bits per heavy atom. The van der Waals surface area contributed by atoms with E-state index in [1.165, 1.54) is 12.1 Å². The third-order valence-corrected chi connectivity index (χ3v) is 2.43. The van der Waals surface area contributed by atoms with Gasteiger partial charge in [0.05, 0.1) is 9.73 Å². The maximum Gasteiger partial charge on any atom is 0.323 e. The lowest BCUT2D eigenvalue weighted by Gasteiger charge is -1.92. The van der Waals surface area contributed by atoms with Gasteiger partial charge in [-0.25, -0.2) is 0 Å². The van der Waals surface area contributed by atoms with Crippen molar-refractivity contribution in [3.63, 3.8) is 0 Å². The van der Waals surface area contributed by atoms with Crippen LogP contribution in [-0.2, 0) is 10.0 Å². The molecule has 0 unspecified atom stereocenters. The monoisotopic (exact) mass is 184 g/mol. The van der Waals surface area contributed by atoms with Gasteiger partial charge in [-0.2, -0.15) is 8.42 Å². The molecule has 12 heavy (non-hydrogen) atoms. The van der Waals surface area contributed by atoms with Gasteiger partial charge in [0, 0.05) is 0 Å². The molecule has 0 saturated heterocycles. The smallest absolute Gasteiger partial charge is 0.196 e. The van der Waals surface area contributed by atoms with Gasteiger partial charge in [-0.05, 0) is 12.1 Å². The second-order valence-corrected chi connectivity index (χ2v) is 3.67. The number of diazo groups is 1. The van der Waals surface area contributed by atoms with E-state index in [0.717, 1.165) is 0 Å². The molecule has 0 aliphatic rings. The van der Waals surface area contributed by atoms with E-state index in [2.05, 4.69) is 5.08 Å². The predicted molar refractivity (Wildman–Crippen MR) is 41.8 cm³/mol. The molecule has 5 nitrogen and oxygen atoms in total. The van der Waals surface area contributed by atoms with Gasteiger partial charge in [0.1, 0.15) is 0 Å². The molecule has 0 aliphatic heterocycles. The standard InChI is InChI=1S/C6H6N3O2S/c7-8-9-12(10,11)6-4-2-1-3-5-6/h1-5,9H/q+1. The predicted octanol–water partition coefficient (Wildman–Crippen LogP) is 0.733. The summed E-state index contributed by atoms with van der Waals surface area (Å²) < 4.78 is 22.1. The maximum absolute atomic E-state index is 11.1. The molecule has 0 bridgehead atoms. The van der Waals surface area contributed by atoms with Gasteiger partial charge in [0.15, 0.2) is 0 Å². The first-order valence-electron chi connectivity index (χ1n) is 3.08. The normalized spacial score (nSPS) is 10.2. The summed E-state index contributed by atoms with van der Waals surface area (Å²) in [6.07, 6.45) is 0. The Morgan fingerprint density at radius 2 is 1.83 bits per heavy atom. The maximum atomic E-state index is 11.1. The van der Waals surface area contributed by atoms with Gasteiger partial charge in [-0.15, -0.1) is 0 Å². The molecule has 0 radical (unpaired) electrons. The van der Waals surface area contributed by atoms with Gasteiger partial charge in [-0.1, -0.05) is 18.2 Å². The van der Waals surface area contributed by atoms with E-state index in [-0.39, 0.29) is 4.90 Å². The minimum absolute atomic E-state index is 0.0581. The molecule has 0 aromatic heterocycles. The third kappa shape index (κ3) is 1.71. The van der Waals surface area contributed by atoms with Crippen molar-refractivity contribution in [3.05, 3.63) is 35.4 Å². The van der Waals surface area contributed by atoms with Gasteiger partial charge >= 0.3 is 15.1 Å². The summed E-state index contributed by atoms with van der Waals surface area (Å²) in [6.45, 7) is 0. The Kier molecular flexibility index (Phi) is 2.26. The molecule has 0 saturated carbocycles. The molecule has 0 aliphatic carbocycles. The minimum Gasteiger partial charge on any atom is -0.196 e. The number of nitrogens with one attached hydrogen (secondary N) is 1. The zero-order valence-electron chi connectivity index (χ0n) is 6.01. The van der Waals surface area contributed by atoms with Crippen molar-refractivity contribution in [3.8, 4) is 0 Å². The van der Waals surface area contributed by atoms with E-state index >= 15 is 0 Å². The minimum atomic E-state index is -3.68. The number of hydrogen-bond donors (Lipinski definition) is 1. The largest absolute Gasteiger partial charge is 0.323 e. The molecule has 1 rings (SSSR count). The summed E-state index contributed by atoms with van der Waals surface area (Å²) >= 11 is 0. The molecule has 6 heteroatoms. The molecule has 1 N–H and O–H groups in total. The van der Waals surface area contributed by atoms with E-state index < -0.39 is 10.0 Å². The lowest BCUT2D eigenvalue weighted by atomic mass is 10.4. The highest BCUT2D eigenvalue weighted by Gasteiger charge is 2.17. The number of nitrogens with zero attached hydrogens (tertiary/aromatic N) is 2. The fraction of sp³-hybridized carbons (Fsp3) is 0. The zero-order valence-corrected chi connectivity index (χ0v) is 6.82. The van der Waals surface area contributed by atoms with Crippen LogP contribution in [0.1, 0.15) is 0 Å². The Morgan fingerprint density at radius 3 is 2.33 bits per heavy atom. The van der Waals surface area contributed by atoms with Crippen LogP contribution in [0.5, 0.6) is 0 Å². The highest BCUT2D eigenvalue weighted by Crippen LogP contribution is 2.06. The van der Waals surface area contributed by atoms with E-state index in [1.807, 2.05) is 0 Å². The van der Waals surface area contributed by atoms with E-state index in [9.17, 15) is 8.42 Å². The van der Waals surface area contributed by atoms with Crippen LogP contribution in [0.3, 0.4) is 0 Å². The molecular formula is C6H6N3O2S+. The lowest BCUT2D eigenvalue weighted by Crippen LogP contribution is -2.15. The number of benzene rings is 1. The molecule has 1 aromatic rings. The number of sulfonamides is 1.